The molecule has 0 aliphatic heterocycles. The molecule has 4 rings (SSSR count). The van der Waals surface area contributed by atoms with Crippen LogP contribution in [0.25, 0.3) is 11.8 Å². The molecule has 0 aliphatic carbocycles. The van der Waals surface area contributed by atoms with E-state index in [9.17, 15) is 14.4 Å². The molecule has 2 amide bonds. The van der Waals surface area contributed by atoms with E-state index in [1.54, 1.807) is 6.08 Å². The van der Waals surface area contributed by atoms with Crippen molar-refractivity contribution in [1.29, 1.82) is 0 Å². The third-order valence-corrected chi connectivity index (χ3v) is 5.51. The third kappa shape index (κ3) is 6.73. The van der Waals surface area contributed by atoms with E-state index < -0.39 is 23.8 Å². The minimum Gasteiger partial charge on any atom is -0.478 e. The fourth-order valence-electron chi connectivity index (χ4n) is 3.66. The quantitative estimate of drug-likeness (QED) is 0.303. The van der Waals surface area contributed by atoms with Gasteiger partial charge in [0.25, 0.3) is 0 Å². The number of hydrogen-bond donors (Lipinski definition) is 3. The Morgan fingerprint density at radius 2 is 1.78 bits per heavy atom. The molecule has 0 bridgehead atoms. The highest BCUT2D eigenvalue weighted by atomic mass is 16.4. The van der Waals surface area contributed by atoms with E-state index in [2.05, 4.69) is 26.2 Å². The number of hydrogen-bond acceptors (Lipinski definition) is 6. The Hall–Kier alpha value is -5.12. The highest BCUT2D eigenvalue weighted by molar-refractivity contribution is 6.00. The number of aryl methyl sites for hydroxylation is 1. The topological polar surface area (TPSA) is 139 Å². The van der Waals surface area contributed by atoms with Gasteiger partial charge >= 0.3 is 5.97 Å². The Labute approximate surface area is 212 Å². The van der Waals surface area contributed by atoms with E-state index in [4.69, 9.17) is 5.11 Å². The number of carboxylic acid groups (broad SMARTS) is 1. The number of carbonyl (C=O) groups excluding carboxylic acids is 2. The number of aromatic carboxylic acids is 1. The summed E-state index contributed by atoms with van der Waals surface area (Å²) in [4.78, 5) is 37.1. The number of nitrogens with one attached hydrogen (secondary N) is 2. The average molecular weight is 497 g/mol. The van der Waals surface area contributed by atoms with Crippen molar-refractivity contribution >= 4 is 29.5 Å². The molecular weight excluding hydrogens is 472 g/mol. The van der Waals surface area contributed by atoms with Crippen LogP contribution in [0.4, 0.5) is 5.69 Å². The maximum atomic E-state index is 13.1. The Morgan fingerprint density at radius 1 is 1.03 bits per heavy atom. The second kappa shape index (κ2) is 11.5. The summed E-state index contributed by atoms with van der Waals surface area (Å²) in [5, 5.41) is 25.8. The van der Waals surface area contributed by atoms with Crippen LogP contribution < -0.4 is 10.6 Å². The summed E-state index contributed by atoms with van der Waals surface area (Å²) in [6.07, 6.45) is 4.72. The van der Waals surface area contributed by atoms with Gasteiger partial charge in [0.05, 0.1) is 11.3 Å². The fraction of sp³-hybridized carbons (Fsp3) is 0.111. The first kappa shape index (κ1) is 25.0. The van der Waals surface area contributed by atoms with Crippen LogP contribution in [0.1, 0.15) is 27.0 Å². The lowest BCUT2D eigenvalue weighted by Crippen LogP contribution is -2.44. The number of rotatable bonds is 9. The van der Waals surface area contributed by atoms with E-state index in [1.165, 1.54) is 41.4 Å². The van der Waals surface area contributed by atoms with Crippen LogP contribution in [-0.4, -0.2) is 49.1 Å². The number of benzene rings is 3. The van der Waals surface area contributed by atoms with E-state index in [0.717, 1.165) is 16.7 Å². The average Bonchev–Trinajstić information content (AvgIpc) is 3.43. The van der Waals surface area contributed by atoms with Crippen LogP contribution in [0.5, 0.6) is 0 Å². The molecule has 3 aromatic carbocycles. The molecule has 0 saturated carbocycles. The Morgan fingerprint density at radius 3 is 2.46 bits per heavy atom. The number of anilines is 1. The van der Waals surface area contributed by atoms with Crippen molar-refractivity contribution in [3.05, 3.63) is 107 Å². The number of nitrogens with zero attached hydrogens (tertiary/aromatic N) is 4. The summed E-state index contributed by atoms with van der Waals surface area (Å²) < 4.78 is 1.50. The Balaban J connectivity index is 1.51. The van der Waals surface area contributed by atoms with Crippen molar-refractivity contribution in [3.63, 3.8) is 0 Å². The molecule has 186 valence electrons. The molecule has 0 radical (unpaired) electrons. The Kier molecular flexibility index (Phi) is 7.79. The summed E-state index contributed by atoms with van der Waals surface area (Å²) in [5.74, 6) is -1.95. The molecule has 4 aromatic rings. The smallest absolute Gasteiger partial charge is 0.335 e. The minimum atomic E-state index is -1.06. The zero-order valence-electron chi connectivity index (χ0n) is 19.9. The number of carbonyl (C=O) groups is 3. The standard InChI is InChI=1S/C27H24N6O4/c1-18-7-13-24(33-17-28-31-32-33)21(15-18)10-14-25(34)30-23(16-19-5-3-2-4-6-19)26(35)29-22-11-8-20(9-12-22)27(36)37/h2-15,17,23H,16H2,1H3,(H,29,35)(H,30,34)(H,36,37)/t23-/m0/s1. The highest BCUT2D eigenvalue weighted by Gasteiger charge is 2.21. The predicted octanol–water partition coefficient (Wildman–Crippen LogP) is 3.05. The van der Waals surface area contributed by atoms with Gasteiger partial charge in [0.2, 0.25) is 11.8 Å². The van der Waals surface area contributed by atoms with Crippen molar-refractivity contribution in [1.82, 2.24) is 25.5 Å². The van der Waals surface area contributed by atoms with Crippen molar-refractivity contribution in [3.8, 4) is 5.69 Å². The first-order valence-electron chi connectivity index (χ1n) is 11.4. The molecule has 1 heterocycles. The van der Waals surface area contributed by atoms with Gasteiger partial charge in [0.1, 0.15) is 12.4 Å². The number of aromatic nitrogens is 4. The van der Waals surface area contributed by atoms with Gasteiger partial charge < -0.3 is 15.7 Å². The molecule has 0 fully saturated rings. The van der Waals surface area contributed by atoms with Gasteiger partial charge in [-0.1, -0.05) is 42.0 Å². The molecule has 0 unspecified atom stereocenters. The molecule has 10 heteroatoms. The maximum Gasteiger partial charge on any atom is 0.335 e. The molecule has 3 N–H and O–H groups in total. The zero-order valence-corrected chi connectivity index (χ0v) is 19.9. The van der Waals surface area contributed by atoms with Crippen molar-refractivity contribution < 1.29 is 19.5 Å². The van der Waals surface area contributed by atoms with Gasteiger partial charge in [-0.25, -0.2) is 4.79 Å². The van der Waals surface area contributed by atoms with Crippen molar-refractivity contribution in [2.45, 2.75) is 19.4 Å². The van der Waals surface area contributed by atoms with Gasteiger partial charge in [-0.05, 0) is 65.4 Å². The second-order valence-electron chi connectivity index (χ2n) is 8.27. The van der Waals surface area contributed by atoms with Gasteiger partial charge in [0, 0.05) is 23.7 Å². The van der Waals surface area contributed by atoms with Crippen LogP contribution in [0.15, 0.2) is 85.2 Å². The second-order valence-corrected chi connectivity index (χ2v) is 8.27. The normalized spacial score (nSPS) is 11.7. The van der Waals surface area contributed by atoms with Crippen LogP contribution >= 0.6 is 0 Å². The lowest BCUT2D eigenvalue weighted by atomic mass is 10.0. The van der Waals surface area contributed by atoms with E-state index in [-0.39, 0.29) is 12.0 Å². The first-order valence-corrected chi connectivity index (χ1v) is 11.4. The summed E-state index contributed by atoms with van der Waals surface area (Å²) in [5.41, 5.74) is 3.81. The lowest BCUT2D eigenvalue weighted by molar-refractivity contribution is -0.123. The molecule has 0 spiro atoms. The SMILES string of the molecule is Cc1ccc(-n2cnnn2)c(C=CC(=O)N[C@@H](Cc2ccccc2)C(=O)Nc2ccc(C(=O)O)cc2)c1. The number of carboxylic acids is 1. The Bertz CT molecular complexity index is 1420. The maximum absolute atomic E-state index is 13.1. The predicted molar refractivity (Wildman–Crippen MR) is 137 cm³/mol. The zero-order chi connectivity index (χ0) is 26.2. The molecule has 1 aromatic heterocycles. The molecule has 10 nitrogen and oxygen atoms in total. The molecule has 0 saturated heterocycles. The van der Waals surface area contributed by atoms with E-state index in [1.807, 2.05) is 55.5 Å². The lowest BCUT2D eigenvalue weighted by Gasteiger charge is -2.18. The van der Waals surface area contributed by atoms with Crippen molar-refractivity contribution in [2.24, 2.45) is 0 Å². The first-order chi connectivity index (χ1) is 17.9. The van der Waals surface area contributed by atoms with Crippen LogP contribution in [0.2, 0.25) is 0 Å². The largest absolute Gasteiger partial charge is 0.478 e. The van der Waals surface area contributed by atoms with E-state index >= 15 is 0 Å². The minimum absolute atomic E-state index is 0.106. The molecule has 1 atom stereocenters. The van der Waals surface area contributed by atoms with Crippen LogP contribution in [0.3, 0.4) is 0 Å². The number of amides is 2. The fourth-order valence-corrected chi connectivity index (χ4v) is 3.66. The summed E-state index contributed by atoms with van der Waals surface area (Å²) >= 11 is 0. The third-order valence-electron chi connectivity index (χ3n) is 5.51. The summed E-state index contributed by atoms with van der Waals surface area (Å²) in [6.45, 7) is 1.93. The monoisotopic (exact) mass is 496 g/mol. The van der Waals surface area contributed by atoms with Gasteiger partial charge in [-0.2, -0.15) is 4.68 Å². The summed E-state index contributed by atoms with van der Waals surface area (Å²) in [6, 6.07) is 19.9. The van der Waals surface area contributed by atoms with Crippen LogP contribution in [0, 0.1) is 6.92 Å². The van der Waals surface area contributed by atoms with Crippen molar-refractivity contribution in [2.75, 3.05) is 5.32 Å². The van der Waals surface area contributed by atoms with Crippen LogP contribution in [-0.2, 0) is 16.0 Å². The molecule has 37 heavy (non-hydrogen) atoms. The van der Waals surface area contributed by atoms with Gasteiger partial charge in [-0.3, -0.25) is 9.59 Å². The highest BCUT2D eigenvalue weighted by Crippen LogP contribution is 2.17. The number of tetrazole rings is 1. The molecule has 0 aliphatic rings. The molecular formula is C27H24N6O4. The summed E-state index contributed by atoms with van der Waals surface area (Å²) in [7, 11) is 0. The van der Waals surface area contributed by atoms with Gasteiger partial charge in [-0.15, -0.1) is 5.10 Å². The van der Waals surface area contributed by atoms with Gasteiger partial charge in [0.15, 0.2) is 0 Å². The van der Waals surface area contributed by atoms with E-state index in [0.29, 0.717) is 11.4 Å².